The maximum atomic E-state index is 6.16. The lowest BCUT2D eigenvalue weighted by atomic mass is 9.81. The van der Waals surface area contributed by atoms with Crippen molar-refractivity contribution in [3.63, 3.8) is 0 Å². The maximum Gasteiger partial charge on any atom is 0.0457 e. The van der Waals surface area contributed by atoms with E-state index >= 15 is 0 Å². The van der Waals surface area contributed by atoms with Crippen molar-refractivity contribution in [3.8, 4) is 0 Å². The summed E-state index contributed by atoms with van der Waals surface area (Å²) in [4.78, 5) is 0. The Bertz CT molecular complexity index is 328. The number of hydrogen-bond donors (Lipinski definition) is 1. The average molecular weight is 230 g/mol. The number of rotatable bonds is 0. The third kappa shape index (κ3) is 1.54. The van der Waals surface area contributed by atoms with Gasteiger partial charge in [0.1, 0.15) is 0 Å². The van der Waals surface area contributed by atoms with Crippen LogP contribution in [-0.2, 0) is 0 Å². The van der Waals surface area contributed by atoms with Crippen molar-refractivity contribution in [1.82, 2.24) is 0 Å². The molecular formula is C11H13Cl2N. The fraction of sp³-hybridized carbons (Fsp3) is 0.455. The molecule has 2 N–H and O–H groups in total. The summed E-state index contributed by atoms with van der Waals surface area (Å²) < 4.78 is 0. The Balaban J connectivity index is 2.65. The van der Waals surface area contributed by atoms with Crippen LogP contribution in [0.5, 0.6) is 0 Å². The molecule has 0 fully saturated rings. The van der Waals surface area contributed by atoms with Gasteiger partial charge in [0.2, 0.25) is 0 Å². The molecule has 0 saturated carbocycles. The quantitative estimate of drug-likeness (QED) is 0.718. The highest BCUT2D eigenvalue weighted by atomic mass is 35.5. The maximum absolute atomic E-state index is 6.16. The summed E-state index contributed by atoms with van der Waals surface area (Å²) in [5.41, 5.74) is 8.24. The fourth-order valence-electron chi connectivity index (χ4n) is 2.18. The summed E-state index contributed by atoms with van der Waals surface area (Å²) in [5.74, 6) is 0.469. The van der Waals surface area contributed by atoms with Crippen LogP contribution in [0.1, 0.15) is 42.9 Å². The van der Waals surface area contributed by atoms with E-state index in [2.05, 4.69) is 6.92 Å². The van der Waals surface area contributed by atoms with Crippen molar-refractivity contribution >= 4 is 23.2 Å². The van der Waals surface area contributed by atoms with Crippen LogP contribution >= 0.6 is 23.2 Å². The van der Waals surface area contributed by atoms with Crippen molar-refractivity contribution in [2.45, 2.75) is 31.7 Å². The van der Waals surface area contributed by atoms with Gasteiger partial charge >= 0.3 is 0 Å². The van der Waals surface area contributed by atoms with Crippen molar-refractivity contribution in [3.05, 3.63) is 33.3 Å². The minimum atomic E-state index is 0.0485. The summed E-state index contributed by atoms with van der Waals surface area (Å²) in [6, 6.07) is 3.74. The molecule has 1 nitrogen and oxygen atoms in total. The molecule has 0 spiro atoms. The van der Waals surface area contributed by atoms with Crippen LogP contribution in [0.4, 0.5) is 0 Å². The molecule has 0 amide bonds. The van der Waals surface area contributed by atoms with Gasteiger partial charge in [0.05, 0.1) is 0 Å². The Labute approximate surface area is 94.2 Å². The second-order valence-corrected chi connectivity index (χ2v) is 4.76. The number of nitrogens with two attached hydrogens (primary N) is 1. The third-order valence-electron chi connectivity index (χ3n) is 2.96. The molecule has 1 aromatic carbocycles. The molecule has 1 unspecified atom stereocenters. The van der Waals surface area contributed by atoms with Crippen LogP contribution in [0, 0.1) is 0 Å². The monoisotopic (exact) mass is 229 g/mol. The lowest BCUT2D eigenvalue weighted by Crippen LogP contribution is -2.20. The first-order valence-corrected chi connectivity index (χ1v) is 5.60. The lowest BCUT2D eigenvalue weighted by molar-refractivity contribution is 0.514. The van der Waals surface area contributed by atoms with Gasteiger partial charge in [-0.25, -0.2) is 0 Å². The number of halogens is 2. The zero-order chi connectivity index (χ0) is 10.3. The van der Waals surface area contributed by atoms with Gasteiger partial charge < -0.3 is 5.73 Å². The van der Waals surface area contributed by atoms with E-state index in [0.29, 0.717) is 5.92 Å². The summed E-state index contributed by atoms with van der Waals surface area (Å²) in [6.07, 6.45) is 2.09. The van der Waals surface area contributed by atoms with Crippen LogP contribution in [0.2, 0.25) is 10.0 Å². The zero-order valence-corrected chi connectivity index (χ0v) is 9.57. The molecule has 1 aliphatic carbocycles. The van der Waals surface area contributed by atoms with Gasteiger partial charge in [-0.05, 0) is 42.0 Å². The second-order valence-electron chi connectivity index (χ2n) is 3.94. The molecule has 0 heterocycles. The van der Waals surface area contributed by atoms with Crippen molar-refractivity contribution in [1.29, 1.82) is 0 Å². The third-order valence-corrected chi connectivity index (χ3v) is 3.61. The number of benzene rings is 1. The first-order chi connectivity index (χ1) is 6.61. The first kappa shape index (κ1) is 10.3. The molecule has 0 saturated heterocycles. The molecule has 0 aromatic heterocycles. The molecule has 0 radical (unpaired) electrons. The minimum Gasteiger partial charge on any atom is -0.324 e. The molecule has 2 rings (SSSR count). The summed E-state index contributed by atoms with van der Waals surface area (Å²) in [7, 11) is 0. The molecular weight excluding hydrogens is 217 g/mol. The Morgan fingerprint density at radius 3 is 2.29 bits per heavy atom. The molecule has 14 heavy (non-hydrogen) atoms. The smallest absolute Gasteiger partial charge is 0.0457 e. The Morgan fingerprint density at radius 2 is 1.71 bits per heavy atom. The van der Waals surface area contributed by atoms with Gasteiger partial charge in [0.25, 0.3) is 0 Å². The van der Waals surface area contributed by atoms with Gasteiger partial charge in [0, 0.05) is 16.1 Å². The fourth-order valence-corrected chi connectivity index (χ4v) is 2.84. The zero-order valence-electron chi connectivity index (χ0n) is 8.06. The first-order valence-electron chi connectivity index (χ1n) is 4.84. The molecule has 2 atom stereocenters. The van der Waals surface area contributed by atoms with E-state index in [1.54, 1.807) is 0 Å². The molecule has 76 valence electrons. The second kappa shape index (κ2) is 3.73. The Kier molecular flexibility index (Phi) is 2.74. The molecule has 3 heteroatoms. The van der Waals surface area contributed by atoms with Crippen LogP contribution in [-0.4, -0.2) is 0 Å². The Hall–Kier alpha value is -0.240. The van der Waals surface area contributed by atoms with Crippen molar-refractivity contribution in [2.24, 2.45) is 5.73 Å². The molecule has 1 aliphatic rings. The highest BCUT2D eigenvalue weighted by Gasteiger charge is 2.26. The lowest BCUT2D eigenvalue weighted by Gasteiger charge is -2.29. The van der Waals surface area contributed by atoms with Gasteiger partial charge in [0.15, 0.2) is 0 Å². The average Bonchev–Trinajstić information content (AvgIpc) is 2.16. The largest absolute Gasteiger partial charge is 0.324 e. The topological polar surface area (TPSA) is 26.0 Å². The highest BCUT2D eigenvalue weighted by Crippen LogP contribution is 2.43. The van der Waals surface area contributed by atoms with E-state index in [1.807, 2.05) is 12.1 Å². The van der Waals surface area contributed by atoms with Crippen molar-refractivity contribution < 1.29 is 0 Å². The summed E-state index contributed by atoms with van der Waals surface area (Å²) in [5, 5.41) is 1.55. The van der Waals surface area contributed by atoms with Crippen LogP contribution in [0.3, 0.4) is 0 Å². The van der Waals surface area contributed by atoms with Crippen LogP contribution in [0.15, 0.2) is 12.1 Å². The van der Waals surface area contributed by atoms with Crippen LogP contribution < -0.4 is 5.73 Å². The Morgan fingerprint density at radius 1 is 1.14 bits per heavy atom. The summed E-state index contributed by atoms with van der Waals surface area (Å²) in [6.45, 7) is 2.17. The van der Waals surface area contributed by atoms with E-state index in [-0.39, 0.29) is 6.04 Å². The molecule has 0 bridgehead atoms. The molecule has 0 aliphatic heterocycles. The van der Waals surface area contributed by atoms with Gasteiger partial charge in [-0.3, -0.25) is 0 Å². The molecule has 1 aromatic rings. The van der Waals surface area contributed by atoms with E-state index in [9.17, 15) is 0 Å². The normalized spacial score (nSPS) is 26.0. The van der Waals surface area contributed by atoms with Gasteiger partial charge in [-0.2, -0.15) is 0 Å². The van der Waals surface area contributed by atoms with Gasteiger partial charge in [-0.15, -0.1) is 0 Å². The number of hydrogen-bond acceptors (Lipinski definition) is 1. The van der Waals surface area contributed by atoms with E-state index in [1.165, 1.54) is 0 Å². The van der Waals surface area contributed by atoms with E-state index < -0.39 is 0 Å². The van der Waals surface area contributed by atoms with Gasteiger partial charge in [-0.1, -0.05) is 30.1 Å². The van der Waals surface area contributed by atoms with E-state index in [0.717, 1.165) is 34.0 Å². The SMILES string of the molecule is CC1CC[C@@H](N)c2c(Cl)ccc(Cl)c21. The summed E-state index contributed by atoms with van der Waals surface area (Å²) >= 11 is 12.3. The van der Waals surface area contributed by atoms with Crippen LogP contribution in [0.25, 0.3) is 0 Å². The van der Waals surface area contributed by atoms with Crippen molar-refractivity contribution in [2.75, 3.05) is 0 Å². The standard InChI is InChI=1S/C11H13Cl2N/c1-6-2-5-9(14)11-8(13)4-3-7(12)10(6)11/h3-4,6,9H,2,5,14H2,1H3/t6?,9-/m1/s1. The van der Waals surface area contributed by atoms with E-state index in [4.69, 9.17) is 28.9 Å². The number of fused-ring (bicyclic) bond motifs is 1. The highest BCUT2D eigenvalue weighted by molar-refractivity contribution is 6.34. The predicted molar refractivity (Wildman–Crippen MR) is 61.0 cm³/mol. The minimum absolute atomic E-state index is 0.0485. The predicted octanol–water partition coefficient (Wildman–Crippen LogP) is 3.89.